The minimum Gasteiger partial charge on any atom is -0.464 e. The van der Waals surface area contributed by atoms with Crippen molar-refractivity contribution in [2.75, 3.05) is 24.7 Å². The zero-order valence-corrected chi connectivity index (χ0v) is 12.0. The van der Waals surface area contributed by atoms with Gasteiger partial charge in [-0.1, -0.05) is 30.3 Å². The molecule has 0 saturated heterocycles. The Kier molecular flexibility index (Phi) is 6.91. The lowest BCUT2D eigenvalue weighted by Gasteiger charge is -2.27. The number of carbonyl (C=O) groups is 1. The Hall–Kier alpha value is -1.04. The van der Waals surface area contributed by atoms with E-state index in [2.05, 4.69) is 0 Å². The van der Waals surface area contributed by atoms with E-state index in [0.29, 0.717) is 18.8 Å². The van der Waals surface area contributed by atoms with Crippen LogP contribution in [0.3, 0.4) is 0 Å². The molecule has 0 aromatic heterocycles. The molecule has 3 N–H and O–H groups in total. The van der Waals surface area contributed by atoms with Crippen LogP contribution in [0.15, 0.2) is 30.3 Å². The van der Waals surface area contributed by atoms with E-state index in [1.165, 1.54) is 0 Å². The van der Waals surface area contributed by atoms with Crippen LogP contribution in [-0.2, 0) is 15.1 Å². The summed E-state index contributed by atoms with van der Waals surface area (Å²) < 4.78 is 5.09. The number of esters is 1. The standard InChI is InChI=1S/C14H21NO3S/c1-2-18-13(17)14(15,11-19-10-6-9-16)12-7-4-3-5-8-12/h3-5,7-8,16H,2,6,9-11,15H2,1H3. The summed E-state index contributed by atoms with van der Waals surface area (Å²) in [5.41, 5.74) is 5.90. The molecule has 1 atom stereocenters. The highest BCUT2D eigenvalue weighted by atomic mass is 32.2. The predicted octanol–water partition coefficient (Wildman–Crippen LogP) is 1.52. The molecule has 1 aromatic carbocycles. The Morgan fingerprint density at radius 3 is 2.68 bits per heavy atom. The van der Waals surface area contributed by atoms with Crippen molar-refractivity contribution < 1.29 is 14.6 Å². The lowest BCUT2D eigenvalue weighted by atomic mass is 9.93. The number of hydrogen-bond acceptors (Lipinski definition) is 5. The molecule has 0 radical (unpaired) electrons. The molecule has 106 valence electrons. The van der Waals surface area contributed by atoms with E-state index in [0.717, 1.165) is 11.3 Å². The highest BCUT2D eigenvalue weighted by molar-refractivity contribution is 7.99. The number of thioether (sulfide) groups is 1. The van der Waals surface area contributed by atoms with Crippen molar-refractivity contribution in [1.29, 1.82) is 0 Å². The maximum absolute atomic E-state index is 12.1. The summed E-state index contributed by atoms with van der Waals surface area (Å²) in [5, 5.41) is 8.77. The lowest BCUT2D eigenvalue weighted by molar-refractivity contribution is -0.149. The minimum atomic E-state index is -1.13. The van der Waals surface area contributed by atoms with Crippen LogP contribution in [0.25, 0.3) is 0 Å². The van der Waals surface area contributed by atoms with E-state index in [9.17, 15) is 4.79 Å². The summed E-state index contributed by atoms with van der Waals surface area (Å²) in [7, 11) is 0. The highest BCUT2D eigenvalue weighted by Gasteiger charge is 2.37. The number of rotatable bonds is 8. The first kappa shape index (κ1) is 16.0. The summed E-state index contributed by atoms with van der Waals surface area (Å²) >= 11 is 1.55. The molecule has 0 spiro atoms. The van der Waals surface area contributed by atoms with Gasteiger partial charge in [0.25, 0.3) is 0 Å². The van der Waals surface area contributed by atoms with Gasteiger partial charge in [0.2, 0.25) is 0 Å². The molecule has 19 heavy (non-hydrogen) atoms. The van der Waals surface area contributed by atoms with E-state index < -0.39 is 11.5 Å². The van der Waals surface area contributed by atoms with E-state index in [4.69, 9.17) is 15.6 Å². The van der Waals surface area contributed by atoms with Crippen molar-refractivity contribution in [2.45, 2.75) is 18.9 Å². The smallest absolute Gasteiger partial charge is 0.331 e. The van der Waals surface area contributed by atoms with Gasteiger partial charge in [-0.15, -0.1) is 0 Å². The SMILES string of the molecule is CCOC(=O)C(N)(CSCCCO)c1ccccc1. The van der Waals surface area contributed by atoms with Gasteiger partial charge >= 0.3 is 5.97 Å². The zero-order valence-electron chi connectivity index (χ0n) is 11.2. The van der Waals surface area contributed by atoms with Crippen LogP contribution in [0.1, 0.15) is 18.9 Å². The lowest BCUT2D eigenvalue weighted by Crippen LogP contribution is -2.48. The first-order chi connectivity index (χ1) is 9.15. The molecule has 0 amide bonds. The van der Waals surface area contributed by atoms with Crippen LogP contribution in [0.4, 0.5) is 0 Å². The summed E-state index contributed by atoms with van der Waals surface area (Å²) in [4.78, 5) is 12.1. The zero-order chi connectivity index (χ0) is 14.1. The summed E-state index contributed by atoms with van der Waals surface area (Å²) in [6.07, 6.45) is 0.693. The van der Waals surface area contributed by atoms with Gasteiger partial charge in [-0.25, -0.2) is 4.79 Å². The van der Waals surface area contributed by atoms with Crippen molar-refractivity contribution in [2.24, 2.45) is 5.73 Å². The van der Waals surface area contributed by atoms with Gasteiger partial charge in [-0.3, -0.25) is 0 Å². The summed E-state index contributed by atoms with van der Waals surface area (Å²) in [5.74, 6) is 0.801. The van der Waals surface area contributed by atoms with Crippen LogP contribution in [-0.4, -0.2) is 35.8 Å². The predicted molar refractivity (Wildman–Crippen MR) is 78.0 cm³/mol. The Morgan fingerprint density at radius 2 is 2.11 bits per heavy atom. The van der Waals surface area contributed by atoms with Crippen LogP contribution >= 0.6 is 11.8 Å². The second kappa shape index (κ2) is 8.19. The second-order valence-corrected chi connectivity index (χ2v) is 5.29. The molecule has 0 heterocycles. The van der Waals surface area contributed by atoms with Crippen LogP contribution in [0.5, 0.6) is 0 Å². The molecule has 5 heteroatoms. The third-order valence-corrected chi connectivity index (χ3v) is 3.94. The molecule has 0 aliphatic carbocycles. The van der Waals surface area contributed by atoms with Crippen LogP contribution in [0.2, 0.25) is 0 Å². The molecule has 0 aliphatic heterocycles. The van der Waals surface area contributed by atoms with Gasteiger partial charge in [0.05, 0.1) is 6.61 Å². The number of benzene rings is 1. The largest absolute Gasteiger partial charge is 0.464 e. The number of hydrogen-bond donors (Lipinski definition) is 2. The van der Waals surface area contributed by atoms with Gasteiger partial charge in [0, 0.05) is 12.4 Å². The van der Waals surface area contributed by atoms with Gasteiger partial charge in [-0.2, -0.15) is 11.8 Å². The van der Waals surface area contributed by atoms with Crippen molar-refractivity contribution in [3.8, 4) is 0 Å². The minimum absolute atomic E-state index is 0.148. The van der Waals surface area contributed by atoms with E-state index in [1.54, 1.807) is 18.7 Å². The molecule has 1 unspecified atom stereocenters. The van der Waals surface area contributed by atoms with Crippen LogP contribution in [0, 0.1) is 0 Å². The van der Waals surface area contributed by atoms with Crippen molar-refractivity contribution in [3.63, 3.8) is 0 Å². The van der Waals surface area contributed by atoms with E-state index >= 15 is 0 Å². The average Bonchev–Trinajstić information content (AvgIpc) is 2.44. The van der Waals surface area contributed by atoms with Crippen molar-refractivity contribution in [3.05, 3.63) is 35.9 Å². The second-order valence-electron chi connectivity index (χ2n) is 4.19. The molecule has 0 saturated carbocycles. The number of nitrogens with two attached hydrogens (primary N) is 1. The molecule has 0 fully saturated rings. The van der Waals surface area contributed by atoms with Gasteiger partial charge < -0.3 is 15.6 Å². The quantitative estimate of drug-likeness (QED) is 0.559. The average molecular weight is 283 g/mol. The normalized spacial score (nSPS) is 13.8. The van der Waals surface area contributed by atoms with Gasteiger partial charge in [-0.05, 0) is 24.7 Å². The number of aliphatic hydroxyl groups excluding tert-OH is 1. The van der Waals surface area contributed by atoms with Gasteiger partial charge in [0.15, 0.2) is 0 Å². The van der Waals surface area contributed by atoms with Crippen LogP contribution < -0.4 is 5.73 Å². The molecule has 1 rings (SSSR count). The third kappa shape index (κ3) is 4.53. The van der Waals surface area contributed by atoms with E-state index in [-0.39, 0.29) is 6.61 Å². The van der Waals surface area contributed by atoms with Gasteiger partial charge in [0.1, 0.15) is 5.54 Å². The maximum atomic E-state index is 12.1. The molecule has 0 aliphatic rings. The molecule has 0 bridgehead atoms. The Morgan fingerprint density at radius 1 is 1.42 bits per heavy atom. The number of aliphatic hydroxyl groups is 1. The Labute approximate surface area is 118 Å². The third-order valence-electron chi connectivity index (χ3n) is 2.71. The first-order valence-corrected chi connectivity index (χ1v) is 7.51. The summed E-state index contributed by atoms with van der Waals surface area (Å²) in [6.45, 7) is 2.23. The highest BCUT2D eigenvalue weighted by Crippen LogP contribution is 2.25. The fourth-order valence-corrected chi connectivity index (χ4v) is 2.74. The molecule has 4 nitrogen and oxygen atoms in total. The topological polar surface area (TPSA) is 72.5 Å². The van der Waals surface area contributed by atoms with E-state index in [1.807, 2.05) is 30.3 Å². The number of carbonyl (C=O) groups excluding carboxylic acids is 1. The fraction of sp³-hybridized carbons (Fsp3) is 0.500. The monoisotopic (exact) mass is 283 g/mol. The molecule has 1 aromatic rings. The molecular formula is C14H21NO3S. The Balaban J connectivity index is 2.81. The van der Waals surface area contributed by atoms with Crippen molar-refractivity contribution in [1.82, 2.24) is 0 Å². The number of ether oxygens (including phenoxy) is 1. The first-order valence-electron chi connectivity index (χ1n) is 6.35. The van der Waals surface area contributed by atoms with Crippen molar-refractivity contribution >= 4 is 17.7 Å². The molecular weight excluding hydrogens is 262 g/mol. The maximum Gasteiger partial charge on any atom is 0.331 e. The summed E-state index contributed by atoms with van der Waals surface area (Å²) in [6, 6.07) is 9.27. The Bertz CT molecular complexity index is 386. The fourth-order valence-electron chi connectivity index (χ4n) is 1.66.